The summed E-state index contributed by atoms with van der Waals surface area (Å²) in [6.07, 6.45) is 4.40. The Morgan fingerprint density at radius 2 is 1.81 bits per heavy atom. The highest BCUT2D eigenvalue weighted by molar-refractivity contribution is 7.90. The number of anilines is 5. The van der Waals surface area contributed by atoms with Gasteiger partial charge in [0.2, 0.25) is 0 Å². The summed E-state index contributed by atoms with van der Waals surface area (Å²) in [6.45, 7) is 4.39. The highest BCUT2D eigenvalue weighted by atomic mass is 32.2. The molecule has 9 nitrogen and oxygen atoms in total. The minimum atomic E-state index is -3.37. The van der Waals surface area contributed by atoms with Gasteiger partial charge in [0.1, 0.15) is 23.8 Å². The van der Waals surface area contributed by atoms with E-state index in [0.717, 1.165) is 12.2 Å². The molecule has 1 aromatic carbocycles. The van der Waals surface area contributed by atoms with Gasteiger partial charge in [-0.2, -0.15) is 0 Å². The van der Waals surface area contributed by atoms with Crippen LogP contribution < -0.4 is 15.5 Å². The second-order valence-electron chi connectivity index (χ2n) is 7.33. The summed E-state index contributed by atoms with van der Waals surface area (Å²) in [5, 5.41) is 6.21. The molecule has 1 aliphatic heterocycles. The van der Waals surface area contributed by atoms with Crippen molar-refractivity contribution in [2.45, 2.75) is 17.9 Å². The first kappa shape index (κ1) is 21.0. The predicted octanol–water partition coefficient (Wildman–Crippen LogP) is 2.99. The Labute approximate surface area is 181 Å². The van der Waals surface area contributed by atoms with Crippen molar-refractivity contribution < 1.29 is 13.2 Å². The van der Waals surface area contributed by atoms with Crippen molar-refractivity contribution in [2.75, 3.05) is 41.5 Å². The maximum absolute atomic E-state index is 12.0. The molecule has 1 aliphatic rings. The number of hydrogen-bond acceptors (Lipinski definition) is 9. The molecule has 2 aromatic heterocycles. The average Bonchev–Trinajstić information content (AvgIpc) is 2.75. The highest BCUT2D eigenvalue weighted by Gasteiger charge is 2.19. The second kappa shape index (κ2) is 8.86. The Hall–Kier alpha value is -3.24. The number of benzene rings is 1. The Morgan fingerprint density at radius 1 is 1.03 bits per heavy atom. The number of pyridine rings is 1. The van der Waals surface area contributed by atoms with E-state index in [1.807, 2.05) is 18.3 Å². The van der Waals surface area contributed by atoms with Crippen molar-refractivity contribution in [1.29, 1.82) is 0 Å². The number of ether oxygens (including phenoxy) is 1. The van der Waals surface area contributed by atoms with Crippen LogP contribution >= 0.6 is 0 Å². The third kappa shape index (κ3) is 5.09. The lowest BCUT2D eigenvalue weighted by molar-refractivity contribution is 0.0989. The molecule has 4 rings (SSSR count). The van der Waals surface area contributed by atoms with E-state index in [4.69, 9.17) is 4.74 Å². The van der Waals surface area contributed by atoms with Crippen LogP contribution in [0.15, 0.2) is 59.9 Å². The van der Waals surface area contributed by atoms with Gasteiger partial charge in [-0.15, -0.1) is 0 Å². The molecule has 1 fully saturated rings. The molecule has 10 heteroatoms. The van der Waals surface area contributed by atoms with E-state index in [2.05, 4.69) is 37.4 Å². The molecule has 0 spiro atoms. The van der Waals surface area contributed by atoms with Crippen LogP contribution in [0.2, 0.25) is 0 Å². The smallest absolute Gasteiger partial charge is 0.177 e. The molecule has 3 aromatic rings. The minimum absolute atomic E-state index is 0.206. The van der Waals surface area contributed by atoms with Crippen molar-refractivity contribution in [3.63, 3.8) is 0 Å². The van der Waals surface area contributed by atoms with Gasteiger partial charge in [-0.3, -0.25) is 0 Å². The molecule has 0 bridgehead atoms. The molecule has 162 valence electrons. The quantitative estimate of drug-likeness (QED) is 0.598. The predicted molar refractivity (Wildman–Crippen MR) is 120 cm³/mol. The number of para-hydroxylation sites is 1. The molecule has 0 aliphatic carbocycles. The number of sulfone groups is 1. The van der Waals surface area contributed by atoms with Gasteiger partial charge < -0.3 is 20.3 Å². The molecule has 3 heterocycles. The van der Waals surface area contributed by atoms with Crippen molar-refractivity contribution in [3.05, 3.63) is 55.0 Å². The molecular formula is C21H24N6O3S. The number of morpholine rings is 1. The maximum Gasteiger partial charge on any atom is 0.177 e. The molecule has 1 saturated heterocycles. The fourth-order valence-corrected chi connectivity index (χ4v) is 4.24. The first-order valence-electron chi connectivity index (χ1n) is 9.86. The molecule has 2 N–H and O–H groups in total. The lowest BCUT2D eigenvalue weighted by Crippen LogP contribution is -2.43. The van der Waals surface area contributed by atoms with Crippen LogP contribution in [0.3, 0.4) is 0 Å². The molecule has 1 atom stereocenters. The topological polar surface area (TPSA) is 109 Å². The van der Waals surface area contributed by atoms with E-state index in [9.17, 15) is 8.42 Å². The molecule has 0 radical (unpaired) electrons. The number of nitrogens with one attached hydrogen (secondary N) is 2. The summed E-state index contributed by atoms with van der Waals surface area (Å²) in [6, 6.07) is 12.6. The van der Waals surface area contributed by atoms with Crippen molar-refractivity contribution in [1.82, 2.24) is 15.0 Å². The number of rotatable bonds is 6. The Morgan fingerprint density at radius 3 is 2.52 bits per heavy atom. The van der Waals surface area contributed by atoms with Crippen LogP contribution in [0.4, 0.5) is 28.8 Å². The lowest BCUT2D eigenvalue weighted by atomic mass is 10.2. The van der Waals surface area contributed by atoms with Crippen LogP contribution in [0.1, 0.15) is 6.92 Å². The highest BCUT2D eigenvalue weighted by Crippen LogP contribution is 2.25. The fourth-order valence-electron chi connectivity index (χ4n) is 3.40. The molecular weight excluding hydrogens is 416 g/mol. The zero-order chi connectivity index (χ0) is 21.8. The zero-order valence-electron chi connectivity index (χ0n) is 17.3. The van der Waals surface area contributed by atoms with E-state index in [0.29, 0.717) is 42.4 Å². The van der Waals surface area contributed by atoms with E-state index < -0.39 is 9.84 Å². The summed E-state index contributed by atoms with van der Waals surface area (Å²) in [5.41, 5.74) is 1.50. The van der Waals surface area contributed by atoms with Gasteiger partial charge in [0, 0.05) is 24.9 Å². The first-order chi connectivity index (χ1) is 14.9. The van der Waals surface area contributed by atoms with E-state index in [1.54, 1.807) is 30.3 Å². The minimum Gasteiger partial charge on any atom is -0.377 e. The average molecular weight is 441 g/mol. The van der Waals surface area contributed by atoms with Gasteiger partial charge in [0.25, 0.3) is 0 Å². The third-order valence-corrected chi connectivity index (χ3v) is 6.07. The molecule has 0 unspecified atom stereocenters. The largest absolute Gasteiger partial charge is 0.377 e. The molecule has 0 amide bonds. The van der Waals surface area contributed by atoms with Crippen LogP contribution in [0.25, 0.3) is 0 Å². The SMILES string of the molecule is C[C@H]1COCCN1c1ccc(Nc2cc(Nc3ccccc3S(C)(=O)=O)ncn2)nc1. The Balaban J connectivity index is 1.48. The van der Waals surface area contributed by atoms with Gasteiger partial charge in [0.05, 0.1) is 35.7 Å². The summed E-state index contributed by atoms with van der Waals surface area (Å²) >= 11 is 0. The van der Waals surface area contributed by atoms with Gasteiger partial charge in [-0.1, -0.05) is 12.1 Å². The number of hydrogen-bond donors (Lipinski definition) is 2. The third-order valence-electron chi connectivity index (χ3n) is 4.92. The molecule has 31 heavy (non-hydrogen) atoms. The van der Waals surface area contributed by atoms with Gasteiger partial charge in [-0.05, 0) is 31.2 Å². The number of aromatic nitrogens is 3. The Bertz CT molecular complexity index is 1150. The van der Waals surface area contributed by atoms with Gasteiger partial charge in [-0.25, -0.2) is 23.4 Å². The fraction of sp³-hybridized carbons (Fsp3) is 0.286. The van der Waals surface area contributed by atoms with Crippen LogP contribution in [-0.4, -0.2) is 55.4 Å². The standard InChI is InChI=1S/C21H24N6O3S/c1-15-13-30-10-9-27(15)16-7-8-19(22-12-16)26-21-11-20(23-14-24-21)25-17-5-3-4-6-18(17)31(2,28)29/h3-8,11-12,14-15H,9-10,13H2,1-2H3,(H2,22,23,24,25,26)/t15-/m0/s1. The van der Waals surface area contributed by atoms with Crippen molar-refractivity contribution in [3.8, 4) is 0 Å². The normalized spacial score (nSPS) is 16.7. The van der Waals surface area contributed by atoms with E-state index in [1.165, 1.54) is 12.6 Å². The van der Waals surface area contributed by atoms with Crippen LogP contribution in [0.5, 0.6) is 0 Å². The molecule has 0 saturated carbocycles. The monoisotopic (exact) mass is 440 g/mol. The van der Waals surface area contributed by atoms with Crippen LogP contribution in [-0.2, 0) is 14.6 Å². The zero-order valence-corrected chi connectivity index (χ0v) is 18.1. The summed E-state index contributed by atoms with van der Waals surface area (Å²) in [7, 11) is -3.37. The summed E-state index contributed by atoms with van der Waals surface area (Å²) in [5.74, 6) is 1.65. The van der Waals surface area contributed by atoms with Crippen LogP contribution in [0, 0.1) is 0 Å². The van der Waals surface area contributed by atoms with E-state index in [-0.39, 0.29) is 4.90 Å². The summed E-state index contributed by atoms with van der Waals surface area (Å²) in [4.78, 5) is 15.4. The lowest BCUT2D eigenvalue weighted by Gasteiger charge is -2.35. The number of nitrogens with zero attached hydrogens (tertiary/aromatic N) is 4. The maximum atomic E-state index is 12.0. The van der Waals surface area contributed by atoms with Crippen molar-refractivity contribution in [2.24, 2.45) is 0 Å². The van der Waals surface area contributed by atoms with Gasteiger partial charge in [0.15, 0.2) is 9.84 Å². The van der Waals surface area contributed by atoms with Crippen molar-refractivity contribution >= 4 is 38.7 Å². The second-order valence-corrected chi connectivity index (χ2v) is 9.31. The summed E-state index contributed by atoms with van der Waals surface area (Å²) < 4.78 is 29.5. The van der Waals surface area contributed by atoms with Gasteiger partial charge >= 0.3 is 0 Å². The van der Waals surface area contributed by atoms with E-state index >= 15 is 0 Å². The first-order valence-corrected chi connectivity index (χ1v) is 11.7. The Kier molecular flexibility index (Phi) is 6.01.